The maximum Gasteiger partial charge on any atom is 0.145 e. The largest absolute Gasteiger partial charge is 0.494 e. The molecule has 0 bridgehead atoms. The van der Waals surface area contributed by atoms with Crippen LogP contribution in [0.1, 0.15) is 33.4 Å². The van der Waals surface area contributed by atoms with Crippen LogP contribution in [0, 0.1) is 6.92 Å². The van der Waals surface area contributed by atoms with Crippen LogP contribution in [0.25, 0.3) is 32.7 Å². The van der Waals surface area contributed by atoms with E-state index >= 15 is 0 Å². The highest BCUT2D eigenvalue weighted by molar-refractivity contribution is 6.23. The van der Waals surface area contributed by atoms with Crippen molar-refractivity contribution in [3.05, 3.63) is 42.1 Å². The molecule has 0 saturated carbocycles. The Morgan fingerprint density at radius 1 is 0.857 bits per heavy atom. The van der Waals surface area contributed by atoms with Crippen LogP contribution < -0.4 is 9.47 Å². The SMILES string of the molecule is CCN(CC)CCOc1cc(C)nc2cc(OC)c3c(c4ccccc4n3CCN(CC)CC)c12. The Bertz CT molecular complexity index is 1290. The summed E-state index contributed by atoms with van der Waals surface area (Å²) in [6, 6.07) is 12.8. The van der Waals surface area contributed by atoms with Gasteiger partial charge in [-0.2, -0.15) is 0 Å². The lowest BCUT2D eigenvalue weighted by molar-refractivity contribution is 0.224. The van der Waals surface area contributed by atoms with Gasteiger partial charge in [-0.15, -0.1) is 0 Å². The summed E-state index contributed by atoms with van der Waals surface area (Å²) in [5.74, 6) is 1.76. The lowest BCUT2D eigenvalue weighted by Gasteiger charge is -2.20. The van der Waals surface area contributed by atoms with E-state index in [-0.39, 0.29) is 0 Å². The van der Waals surface area contributed by atoms with E-state index in [9.17, 15) is 0 Å². The standard InChI is InChI=1S/C29H40N4O2/c1-7-31(8-2)15-16-33-24-14-12-11-13-22(24)27-28-23(20-26(34-6)29(27)33)30-21(5)19-25(28)35-18-17-32(9-3)10-4/h11-14,19-20H,7-10,15-18H2,1-6H3. The molecule has 4 rings (SSSR count). The van der Waals surface area contributed by atoms with Crippen molar-refractivity contribution in [1.29, 1.82) is 0 Å². The smallest absolute Gasteiger partial charge is 0.145 e. The highest BCUT2D eigenvalue weighted by Gasteiger charge is 2.21. The monoisotopic (exact) mass is 476 g/mol. The maximum atomic E-state index is 6.47. The Kier molecular flexibility index (Phi) is 8.14. The van der Waals surface area contributed by atoms with E-state index < -0.39 is 0 Å². The van der Waals surface area contributed by atoms with Crippen LogP contribution >= 0.6 is 0 Å². The first-order valence-corrected chi connectivity index (χ1v) is 13.0. The second-order valence-electron chi connectivity index (χ2n) is 9.03. The molecule has 188 valence electrons. The van der Waals surface area contributed by atoms with E-state index in [1.165, 1.54) is 16.3 Å². The molecule has 6 heteroatoms. The summed E-state index contributed by atoms with van der Waals surface area (Å²) in [6.45, 7) is 18.4. The number of rotatable bonds is 12. The lowest BCUT2D eigenvalue weighted by atomic mass is 10.0. The van der Waals surface area contributed by atoms with E-state index in [2.05, 4.69) is 78.5 Å². The fraction of sp³-hybridized carbons (Fsp3) is 0.483. The quantitative estimate of drug-likeness (QED) is 0.262. The third kappa shape index (κ3) is 4.95. The van der Waals surface area contributed by atoms with Gasteiger partial charge in [-0.3, -0.25) is 4.98 Å². The first-order chi connectivity index (χ1) is 17.1. The summed E-state index contributed by atoms with van der Waals surface area (Å²) in [5.41, 5.74) is 4.20. The predicted molar refractivity (Wildman–Crippen MR) is 147 cm³/mol. The van der Waals surface area contributed by atoms with E-state index in [4.69, 9.17) is 14.5 Å². The third-order valence-corrected chi connectivity index (χ3v) is 7.18. The van der Waals surface area contributed by atoms with Crippen molar-refractivity contribution in [2.75, 3.05) is 53.0 Å². The summed E-state index contributed by atoms with van der Waals surface area (Å²) in [5, 5.41) is 3.45. The average Bonchev–Trinajstić information content (AvgIpc) is 3.21. The summed E-state index contributed by atoms with van der Waals surface area (Å²) in [6.07, 6.45) is 0. The molecule has 0 aliphatic heterocycles. The normalized spacial score (nSPS) is 12.0. The van der Waals surface area contributed by atoms with Crippen LogP contribution in [-0.2, 0) is 6.54 Å². The summed E-state index contributed by atoms with van der Waals surface area (Å²) in [7, 11) is 1.75. The Morgan fingerprint density at radius 3 is 2.23 bits per heavy atom. The Balaban J connectivity index is 1.93. The van der Waals surface area contributed by atoms with Gasteiger partial charge in [0.05, 0.1) is 23.5 Å². The molecule has 2 aromatic carbocycles. The minimum absolute atomic E-state index is 0.647. The summed E-state index contributed by atoms with van der Waals surface area (Å²) in [4.78, 5) is 9.74. The number of hydrogen-bond acceptors (Lipinski definition) is 5. The van der Waals surface area contributed by atoms with Gasteiger partial charge < -0.3 is 23.8 Å². The minimum Gasteiger partial charge on any atom is -0.494 e. The number of hydrogen-bond donors (Lipinski definition) is 0. The number of aromatic nitrogens is 2. The molecule has 0 radical (unpaired) electrons. The van der Waals surface area contributed by atoms with Crippen molar-refractivity contribution in [3.63, 3.8) is 0 Å². The molecular formula is C29H40N4O2. The molecule has 0 spiro atoms. The zero-order valence-electron chi connectivity index (χ0n) is 22.2. The van der Waals surface area contributed by atoms with Gasteiger partial charge in [0.2, 0.25) is 0 Å². The van der Waals surface area contributed by atoms with Crippen LogP contribution in [0.5, 0.6) is 11.5 Å². The van der Waals surface area contributed by atoms with Crippen LogP contribution in [0.2, 0.25) is 0 Å². The molecule has 35 heavy (non-hydrogen) atoms. The average molecular weight is 477 g/mol. The molecule has 2 heterocycles. The number of pyridine rings is 1. The van der Waals surface area contributed by atoms with Crippen molar-refractivity contribution in [1.82, 2.24) is 19.4 Å². The van der Waals surface area contributed by atoms with Gasteiger partial charge in [-0.1, -0.05) is 45.9 Å². The van der Waals surface area contributed by atoms with Crippen LogP contribution in [0.3, 0.4) is 0 Å². The molecule has 2 aromatic heterocycles. The van der Waals surface area contributed by atoms with Crippen molar-refractivity contribution < 1.29 is 9.47 Å². The molecule has 0 N–H and O–H groups in total. The van der Waals surface area contributed by atoms with E-state index in [0.717, 1.165) is 79.4 Å². The first kappa shape index (κ1) is 25.3. The van der Waals surface area contributed by atoms with Crippen LogP contribution in [0.4, 0.5) is 0 Å². The second kappa shape index (κ2) is 11.3. The van der Waals surface area contributed by atoms with Crippen molar-refractivity contribution in [2.24, 2.45) is 0 Å². The van der Waals surface area contributed by atoms with Gasteiger partial charge >= 0.3 is 0 Å². The number of benzene rings is 2. The summed E-state index contributed by atoms with van der Waals surface area (Å²) < 4.78 is 14.8. The van der Waals surface area contributed by atoms with Gasteiger partial charge in [0.1, 0.15) is 18.1 Å². The molecule has 4 aromatic rings. The third-order valence-electron chi connectivity index (χ3n) is 7.18. The Hall–Kier alpha value is -2.83. The van der Waals surface area contributed by atoms with Gasteiger partial charge in [0, 0.05) is 53.8 Å². The minimum atomic E-state index is 0.647. The lowest BCUT2D eigenvalue weighted by Crippen LogP contribution is -2.27. The zero-order chi connectivity index (χ0) is 24.9. The molecule has 0 amide bonds. The topological polar surface area (TPSA) is 42.8 Å². The van der Waals surface area contributed by atoms with Gasteiger partial charge in [-0.05, 0) is 39.2 Å². The number of aryl methyl sites for hydroxylation is 1. The molecule has 0 atom stereocenters. The number of ether oxygens (including phenoxy) is 2. The number of likely N-dealkylation sites (N-methyl/N-ethyl adjacent to an activating group) is 2. The molecule has 0 fully saturated rings. The predicted octanol–water partition coefficient (Wildman–Crippen LogP) is 5.72. The Labute approximate surface area is 209 Å². The molecule has 0 aliphatic carbocycles. The van der Waals surface area contributed by atoms with Gasteiger partial charge in [0.15, 0.2) is 0 Å². The van der Waals surface area contributed by atoms with Crippen molar-refractivity contribution in [2.45, 2.75) is 41.2 Å². The number of fused-ring (bicyclic) bond motifs is 5. The first-order valence-electron chi connectivity index (χ1n) is 13.0. The van der Waals surface area contributed by atoms with E-state index in [0.29, 0.717) is 6.61 Å². The van der Waals surface area contributed by atoms with E-state index in [1.54, 1.807) is 7.11 Å². The number of methoxy groups -OCH3 is 1. The highest BCUT2D eigenvalue weighted by Crippen LogP contribution is 2.43. The Morgan fingerprint density at radius 2 is 1.54 bits per heavy atom. The zero-order valence-corrected chi connectivity index (χ0v) is 22.2. The summed E-state index contributed by atoms with van der Waals surface area (Å²) >= 11 is 0. The van der Waals surface area contributed by atoms with Gasteiger partial charge in [-0.25, -0.2) is 0 Å². The number of para-hydroxylation sites is 1. The second-order valence-corrected chi connectivity index (χ2v) is 9.03. The fourth-order valence-corrected chi connectivity index (χ4v) is 5.13. The maximum absolute atomic E-state index is 6.47. The number of nitrogens with zero attached hydrogens (tertiary/aromatic N) is 4. The molecule has 0 aliphatic rings. The van der Waals surface area contributed by atoms with Gasteiger partial charge in [0.25, 0.3) is 0 Å². The van der Waals surface area contributed by atoms with E-state index in [1.807, 2.05) is 6.92 Å². The fourth-order valence-electron chi connectivity index (χ4n) is 5.13. The molecular weight excluding hydrogens is 436 g/mol. The molecule has 0 unspecified atom stereocenters. The highest BCUT2D eigenvalue weighted by atomic mass is 16.5. The van der Waals surface area contributed by atoms with Crippen LogP contribution in [0.15, 0.2) is 36.4 Å². The van der Waals surface area contributed by atoms with Crippen molar-refractivity contribution in [3.8, 4) is 11.5 Å². The molecule has 6 nitrogen and oxygen atoms in total. The molecule has 0 saturated heterocycles. The van der Waals surface area contributed by atoms with Crippen LogP contribution in [-0.4, -0.2) is 72.3 Å². The van der Waals surface area contributed by atoms with Crippen molar-refractivity contribution >= 4 is 32.7 Å².